The summed E-state index contributed by atoms with van der Waals surface area (Å²) in [5, 5.41) is 3.79. The molecule has 2 nitrogen and oxygen atoms in total. The summed E-state index contributed by atoms with van der Waals surface area (Å²) in [5.74, 6) is 0. The number of amidine groups is 1. The van der Waals surface area contributed by atoms with Crippen LogP contribution in [0, 0.1) is 0 Å². The van der Waals surface area contributed by atoms with Crippen LogP contribution in [-0.4, -0.2) is 23.2 Å². The standard InChI is InChI=1S/C16H14N2S.BrH/c1-11-15(18-10-9-17-16(18)19-11)14-8-4-6-12-5-2-3-7-13(12)14;/h2-8H,9-10H2,1H3;1H. The monoisotopic (exact) mass is 346 g/mol. The van der Waals surface area contributed by atoms with E-state index in [1.54, 1.807) is 11.8 Å². The van der Waals surface area contributed by atoms with Crippen LogP contribution in [-0.2, 0) is 0 Å². The second-order valence-corrected chi connectivity index (χ2v) is 6.03. The van der Waals surface area contributed by atoms with E-state index in [1.807, 2.05) is 0 Å². The van der Waals surface area contributed by atoms with Crippen molar-refractivity contribution in [2.45, 2.75) is 6.92 Å². The molecule has 2 heterocycles. The zero-order chi connectivity index (χ0) is 12.8. The molecule has 0 bridgehead atoms. The molecule has 4 heteroatoms. The van der Waals surface area contributed by atoms with Crippen LogP contribution < -0.4 is 0 Å². The summed E-state index contributed by atoms with van der Waals surface area (Å²) >= 11 is 1.80. The Balaban J connectivity index is 0.00000121. The maximum Gasteiger partial charge on any atom is 0.168 e. The maximum absolute atomic E-state index is 4.57. The summed E-state index contributed by atoms with van der Waals surface area (Å²) in [5.41, 5.74) is 2.67. The minimum Gasteiger partial charge on any atom is -0.318 e. The van der Waals surface area contributed by atoms with Crippen molar-refractivity contribution >= 4 is 50.4 Å². The van der Waals surface area contributed by atoms with Gasteiger partial charge in [0.15, 0.2) is 5.17 Å². The van der Waals surface area contributed by atoms with Gasteiger partial charge in [-0.1, -0.05) is 54.2 Å². The van der Waals surface area contributed by atoms with Crippen LogP contribution in [0.4, 0.5) is 0 Å². The number of fused-ring (bicyclic) bond motifs is 2. The van der Waals surface area contributed by atoms with Crippen LogP contribution in [0.1, 0.15) is 12.5 Å². The Kier molecular flexibility index (Phi) is 3.61. The highest BCUT2D eigenvalue weighted by atomic mass is 79.9. The summed E-state index contributed by atoms with van der Waals surface area (Å²) in [6, 6.07) is 15.1. The van der Waals surface area contributed by atoms with Crippen molar-refractivity contribution in [3.63, 3.8) is 0 Å². The van der Waals surface area contributed by atoms with E-state index in [9.17, 15) is 0 Å². The number of rotatable bonds is 1. The van der Waals surface area contributed by atoms with Gasteiger partial charge in [-0.15, -0.1) is 17.0 Å². The summed E-state index contributed by atoms with van der Waals surface area (Å²) in [6.45, 7) is 4.13. The zero-order valence-corrected chi connectivity index (χ0v) is 13.7. The van der Waals surface area contributed by atoms with E-state index in [0.717, 1.165) is 13.1 Å². The van der Waals surface area contributed by atoms with Gasteiger partial charge in [-0.2, -0.15) is 0 Å². The molecular formula is C16H15BrN2S. The highest BCUT2D eigenvalue weighted by molar-refractivity contribution is 8.93. The van der Waals surface area contributed by atoms with Gasteiger partial charge in [-0.25, -0.2) is 0 Å². The van der Waals surface area contributed by atoms with Crippen molar-refractivity contribution in [1.82, 2.24) is 4.90 Å². The number of nitrogens with zero attached hydrogens (tertiary/aromatic N) is 2. The molecule has 0 amide bonds. The first-order chi connectivity index (χ1) is 9.34. The largest absolute Gasteiger partial charge is 0.318 e. The Morgan fingerprint density at radius 1 is 1.10 bits per heavy atom. The highest BCUT2D eigenvalue weighted by Crippen LogP contribution is 2.42. The Bertz CT molecular complexity index is 731. The molecule has 2 aliphatic rings. The molecule has 20 heavy (non-hydrogen) atoms. The zero-order valence-electron chi connectivity index (χ0n) is 11.2. The Labute approximate surface area is 133 Å². The number of allylic oxidation sites excluding steroid dienone is 1. The number of benzene rings is 2. The van der Waals surface area contributed by atoms with Crippen molar-refractivity contribution in [1.29, 1.82) is 0 Å². The van der Waals surface area contributed by atoms with E-state index in [2.05, 4.69) is 59.3 Å². The number of hydrogen-bond acceptors (Lipinski definition) is 3. The normalized spacial score (nSPS) is 17.2. The lowest BCUT2D eigenvalue weighted by molar-refractivity contribution is 0.648. The van der Waals surface area contributed by atoms with Gasteiger partial charge in [0.05, 0.1) is 12.2 Å². The van der Waals surface area contributed by atoms with Crippen LogP contribution in [0.3, 0.4) is 0 Å². The second-order valence-electron chi connectivity index (χ2n) is 4.85. The fourth-order valence-electron chi connectivity index (χ4n) is 2.86. The van der Waals surface area contributed by atoms with Gasteiger partial charge < -0.3 is 4.90 Å². The first-order valence-corrected chi connectivity index (χ1v) is 7.35. The summed E-state index contributed by atoms with van der Waals surface area (Å²) in [4.78, 5) is 8.29. The molecule has 0 atom stereocenters. The molecule has 2 aromatic carbocycles. The molecule has 0 N–H and O–H groups in total. The Morgan fingerprint density at radius 3 is 2.80 bits per heavy atom. The molecule has 0 saturated carbocycles. The molecular weight excluding hydrogens is 332 g/mol. The van der Waals surface area contributed by atoms with Crippen molar-refractivity contribution in [2.75, 3.05) is 13.1 Å². The predicted molar refractivity (Wildman–Crippen MR) is 93.5 cm³/mol. The van der Waals surface area contributed by atoms with Gasteiger partial charge in [-0.3, -0.25) is 4.99 Å². The van der Waals surface area contributed by atoms with Gasteiger partial charge in [0.2, 0.25) is 0 Å². The molecule has 0 unspecified atom stereocenters. The van der Waals surface area contributed by atoms with Gasteiger partial charge in [0.1, 0.15) is 0 Å². The summed E-state index contributed by atoms with van der Waals surface area (Å²) in [6.07, 6.45) is 0. The molecule has 2 aromatic rings. The SMILES string of the molecule is Br.CC1=C(c2cccc3ccccc23)N2CCN=C2S1. The number of thioether (sulfide) groups is 1. The van der Waals surface area contributed by atoms with E-state index in [-0.39, 0.29) is 17.0 Å². The molecule has 2 aliphatic heterocycles. The highest BCUT2D eigenvalue weighted by Gasteiger charge is 2.31. The Morgan fingerprint density at radius 2 is 1.90 bits per heavy atom. The molecule has 0 fully saturated rings. The van der Waals surface area contributed by atoms with Crippen LogP contribution in [0.5, 0.6) is 0 Å². The average Bonchev–Trinajstić information content (AvgIpc) is 2.98. The minimum atomic E-state index is 0. The second kappa shape index (κ2) is 5.26. The lowest BCUT2D eigenvalue weighted by atomic mass is 10.0. The van der Waals surface area contributed by atoms with E-state index in [0.29, 0.717) is 0 Å². The molecule has 0 radical (unpaired) electrons. The minimum absolute atomic E-state index is 0. The third-order valence-electron chi connectivity index (χ3n) is 3.69. The van der Waals surface area contributed by atoms with Crippen LogP contribution >= 0.6 is 28.7 Å². The lowest BCUT2D eigenvalue weighted by Crippen LogP contribution is -2.20. The van der Waals surface area contributed by atoms with Crippen molar-refractivity contribution in [3.8, 4) is 0 Å². The maximum atomic E-state index is 4.57. The van der Waals surface area contributed by atoms with Gasteiger partial charge >= 0.3 is 0 Å². The quantitative estimate of drug-likeness (QED) is 0.754. The molecule has 0 aliphatic carbocycles. The lowest BCUT2D eigenvalue weighted by Gasteiger charge is -2.18. The van der Waals surface area contributed by atoms with Crippen molar-refractivity contribution in [2.24, 2.45) is 4.99 Å². The number of hydrogen-bond donors (Lipinski definition) is 0. The number of halogens is 1. The first kappa shape index (κ1) is 13.7. The van der Waals surface area contributed by atoms with Gasteiger partial charge in [0.25, 0.3) is 0 Å². The molecule has 0 saturated heterocycles. The summed E-state index contributed by atoms with van der Waals surface area (Å²) in [7, 11) is 0. The Hall–Kier alpha value is -1.26. The van der Waals surface area contributed by atoms with Gasteiger partial charge in [0, 0.05) is 17.0 Å². The van der Waals surface area contributed by atoms with Crippen LogP contribution in [0.15, 0.2) is 52.4 Å². The topological polar surface area (TPSA) is 15.6 Å². The fraction of sp³-hybridized carbons (Fsp3) is 0.188. The molecule has 0 aromatic heterocycles. The van der Waals surface area contributed by atoms with E-state index < -0.39 is 0 Å². The van der Waals surface area contributed by atoms with Gasteiger partial charge in [-0.05, 0) is 17.7 Å². The predicted octanol–water partition coefficient (Wildman–Crippen LogP) is 4.52. The third-order valence-corrected chi connectivity index (χ3v) is 4.73. The molecule has 4 rings (SSSR count). The smallest absolute Gasteiger partial charge is 0.168 e. The summed E-state index contributed by atoms with van der Waals surface area (Å²) < 4.78 is 0. The molecule has 0 spiro atoms. The van der Waals surface area contributed by atoms with Crippen molar-refractivity contribution in [3.05, 3.63) is 52.9 Å². The van der Waals surface area contributed by atoms with E-state index in [1.165, 1.54) is 32.1 Å². The molecule has 102 valence electrons. The van der Waals surface area contributed by atoms with E-state index >= 15 is 0 Å². The number of aliphatic imine (C=N–C) groups is 1. The van der Waals surface area contributed by atoms with Crippen LogP contribution in [0.2, 0.25) is 0 Å². The van der Waals surface area contributed by atoms with E-state index in [4.69, 9.17) is 0 Å². The van der Waals surface area contributed by atoms with Crippen molar-refractivity contribution < 1.29 is 0 Å². The average molecular weight is 347 g/mol. The first-order valence-electron chi connectivity index (χ1n) is 6.53. The third kappa shape index (κ3) is 1.98. The van der Waals surface area contributed by atoms with Crippen LogP contribution in [0.25, 0.3) is 16.5 Å². The fourth-order valence-corrected chi connectivity index (χ4v) is 3.90.